The molecule has 1 atom stereocenters. The fourth-order valence-corrected chi connectivity index (χ4v) is 3.99. The second kappa shape index (κ2) is 9.21. The first-order valence-corrected chi connectivity index (χ1v) is 10.4. The largest absolute Gasteiger partial charge is 0.384 e. The number of carbonyl (C=O) groups excluding carboxylic acids is 2. The summed E-state index contributed by atoms with van der Waals surface area (Å²) in [6.45, 7) is 1.18. The van der Waals surface area contributed by atoms with Crippen LogP contribution in [0.2, 0.25) is 0 Å². The molecule has 33 heavy (non-hydrogen) atoms. The SMILES string of the molecule is COC[C@H]1C(=O)N(Cc2ccc3c(N)ncnc3c2)CCN1C(=O)c1cccc(C(=N)N)c1. The lowest BCUT2D eigenvalue weighted by Gasteiger charge is -2.40. The zero-order chi connectivity index (χ0) is 23.5. The standard InChI is InChI=1S/C23H25N7O3/c1-33-12-19-23(32)29(11-14-5-6-17-18(9-14)27-13-28-21(17)26)7-8-30(19)22(31)16-4-2-3-15(10-16)20(24)25/h2-6,9-10,13,19H,7-8,11-12H2,1H3,(H3,24,25)(H2,26,27,28)/t19-/m0/s1. The summed E-state index contributed by atoms with van der Waals surface area (Å²) in [5, 5.41) is 8.36. The van der Waals surface area contributed by atoms with Crippen LogP contribution >= 0.6 is 0 Å². The molecule has 2 heterocycles. The highest BCUT2D eigenvalue weighted by Crippen LogP contribution is 2.22. The first-order chi connectivity index (χ1) is 15.9. The maximum absolute atomic E-state index is 13.3. The molecule has 2 aromatic carbocycles. The van der Waals surface area contributed by atoms with Crippen molar-refractivity contribution in [2.45, 2.75) is 12.6 Å². The molecule has 1 aromatic heterocycles. The van der Waals surface area contributed by atoms with E-state index in [0.717, 1.165) is 10.9 Å². The number of ether oxygens (including phenoxy) is 1. The molecule has 0 unspecified atom stereocenters. The van der Waals surface area contributed by atoms with Crippen molar-refractivity contribution in [3.8, 4) is 0 Å². The fraction of sp³-hybridized carbons (Fsp3) is 0.261. The summed E-state index contributed by atoms with van der Waals surface area (Å²) < 4.78 is 5.27. The molecule has 0 saturated carbocycles. The fourth-order valence-electron chi connectivity index (χ4n) is 3.99. The lowest BCUT2D eigenvalue weighted by molar-refractivity contribution is -0.143. The summed E-state index contributed by atoms with van der Waals surface area (Å²) in [6, 6.07) is 11.4. The number of hydrogen-bond acceptors (Lipinski definition) is 7. The van der Waals surface area contributed by atoms with E-state index in [1.54, 1.807) is 29.2 Å². The smallest absolute Gasteiger partial charge is 0.254 e. The molecular formula is C23H25N7O3. The van der Waals surface area contributed by atoms with Crippen molar-refractivity contribution in [1.82, 2.24) is 19.8 Å². The van der Waals surface area contributed by atoms with Crippen LogP contribution < -0.4 is 11.5 Å². The van der Waals surface area contributed by atoms with E-state index in [0.29, 0.717) is 42.1 Å². The summed E-state index contributed by atoms with van der Waals surface area (Å²) in [5.41, 5.74) is 13.9. The number of nitrogens with two attached hydrogens (primary N) is 2. The first-order valence-electron chi connectivity index (χ1n) is 10.4. The Bertz CT molecular complexity index is 1230. The quantitative estimate of drug-likeness (QED) is 0.376. The zero-order valence-corrected chi connectivity index (χ0v) is 18.2. The van der Waals surface area contributed by atoms with Crippen LogP contribution in [-0.4, -0.2) is 70.3 Å². The van der Waals surface area contributed by atoms with Crippen molar-refractivity contribution in [1.29, 1.82) is 5.41 Å². The third-order valence-electron chi connectivity index (χ3n) is 5.69. The molecule has 1 saturated heterocycles. The van der Waals surface area contributed by atoms with E-state index in [-0.39, 0.29) is 24.3 Å². The number of fused-ring (bicyclic) bond motifs is 1. The maximum atomic E-state index is 13.3. The lowest BCUT2D eigenvalue weighted by Crippen LogP contribution is -2.60. The van der Waals surface area contributed by atoms with Gasteiger partial charge in [0.05, 0.1) is 12.1 Å². The van der Waals surface area contributed by atoms with E-state index < -0.39 is 6.04 Å². The molecule has 0 aliphatic carbocycles. The molecular weight excluding hydrogens is 422 g/mol. The van der Waals surface area contributed by atoms with Gasteiger partial charge in [-0.1, -0.05) is 18.2 Å². The summed E-state index contributed by atoms with van der Waals surface area (Å²) >= 11 is 0. The minimum Gasteiger partial charge on any atom is -0.384 e. The van der Waals surface area contributed by atoms with E-state index in [9.17, 15) is 9.59 Å². The predicted molar refractivity (Wildman–Crippen MR) is 124 cm³/mol. The Morgan fingerprint density at radius 3 is 2.73 bits per heavy atom. The zero-order valence-electron chi connectivity index (χ0n) is 18.2. The molecule has 1 fully saturated rings. The van der Waals surface area contributed by atoms with E-state index in [1.165, 1.54) is 18.3 Å². The van der Waals surface area contributed by atoms with Crippen molar-refractivity contribution >= 4 is 34.4 Å². The number of rotatable bonds is 6. The Morgan fingerprint density at radius 2 is 1.97 bits per heavy atom. The molecule has 5 N–H and O–H groups in total. The number of nitrogens with zero attached hydrogens (tertiary/aromatic N) is 4. The first kappa shape index (κ1) is 22.2. The topological polar surface area (TPSA) is 152 Å². The van der Waals surface area contributed by atoms with Gasteiger partial charge in [-0.05, 0) is 29.8 Å². The van der Waals surface area contributed by atoms with Crippen LogP contribution in [0.15, 0.2) is 48.8 Å². The van der Waals surface area contributed by atoms with Gasteiger partial charge in [-0.3, -0.25) is 15.0 Å². The Morgan fingerprint density at radius 1 is 1.18 bits per heavy atom. The van der Waals surface area contributed by atoms with Gasteiger partial charge in [-0.15, -0.1) is 0 Å². The van der Waals surface area contributed by atoms with Gasteiger partial charge in [0.15, 0.2) is 0 Å². The average Bonchev–Trinajstić information content (AvgIpc) is 2.81. The van der Waals surface area contributed by atoms with Gasteiger partial charge < -0.3 is 26.0 Å². The summed E-state index contributed by atoms with van der Waals surface area (Å²) in [7, 11) is 1.50. The number of amides is 2. The van der Waals surface area contributed by atoms with Gasteiger partial charge in [0.1, 0.15) is 24.0 Å². The summed E-state index contributed by atoms with van der Waals surface area (Å²) in [6.07, 6.45) is 1.41. The molecule has 10 nitrogen and oxygen atoms in total. The van der Waals surface area contributed by atoms with Crippen LogP contribution in [0.3, 0.4) is 0 Å². The number of benzene rings is 2. The van der Waals surface area contributed by atoms with Crippen molar-refractivity contribution in [3.05, 3.63) is 65.5 Å². The van der Waals surface area contributed by atoms with Gasteiger partial charge >= 0.3 is 0 Å². The van der Waals surface area contributed by atoms with Crippen LogP contribution in [0.5, 0.6) is 0 Å². The number of methoxy groups -OCH3 is 1. The molecule has 4 rings (SSSR count). The highest BCUT2D eigenvalue weighted by Gasteiger charge is 2.37. The number of carbonyl (C=O) groups is 2. The monoisotopic (exact) mass is 447 g/mol. The number of hydrogen-bond donors (Lipinski definition) is 3. The minimum absolute atomic E-state index is 0.0783. The predicted octanol–water partition coefficient (Wildman–Crippen LogP) is 0.996. The van der Waals surface area contributed by atoms with Crippen molar-refractivity contribution < 1.29 is 14.3 Å². The van der Waals surface area contributed by atoms with Gasteiger partial charge in [0.25, 0.3) is 5.91 Å². The molecule has 10 heteroatoms. The van der Waals surface area contributed by atoms with Gasteiger partial charge in [0.2, 0.25) is 5.91 Å². The van der Waals surface area contributed by atoms with E-state index in [1.807, 2.05) is 18.2 Å². The van der Waals surface area contributed by atoms with Crippen molar-refractivity contribution in [3.63, 3.8) is 0 Å². The highest BCUT2D eigenvalue weighted by molar-refractivity contribution is 6.01. The highest BCUT2D eigenvalue weighted by atomic mass is 16.5. The van der Waals surface area contributed by atoms with E-state index >= 15 is 0 Å². The number of anilines is 1. The Balaban J connectivity index is 1.54. The van der Waals surface area contributed by atoms with Gasteiger partial charge in [-0.2, -0.15) is 0 Å². The number of amidine groups is 1. The Kier molecular flexibility index (Phi) is 6.18. The molecule has 2 amide bonds. The molecule has 0 bridgehead atoms. The second-order valence-electron chi connectivity index (χ2n) is 7.83. The Labute approximate surface area is 190 Å². The third-order valence-corrected chi connectivity index (χ3v) is 5.69. The molecule has 1 aliphatic rings. The van der Waals surface area contributed by atoms with Crippen LogP contribution in [0.4, 0.5) is 5.82 Å². The minimum atomic E-state index is -0.754. The average molecular weight is 447 g/mol. The van der Waals surface area contributed by atoms with Crippen LogP contribution in [0.1, 0.15) is 21.5 Å². The van der Waals surface area contributed by atoms with Crippen LogP contribution in [0, 0.1) is 5.41 Å². The van der Waals surface area contributed by atoms with Gasteiger partial charge in [-0.25, -0.2) is 9.97 Å². The molecule has 1 aliphatic heterocycles. The van der Waals surface area contributed by atoms with Gasteiger partial charge in [0, 0.05) is 43.3 Å². The molecule has 170 valence electrons. The number of nitrogens with one attached hydrogen (secondary N) is 1. The molecule has 0 spiro atoms. The van der Waals surface area contributed by atoms with E-state index in [2.05, 4.69) is 9.97 Å². The summed E-state index contributed by atoms with van der Waals surface area (Å²) in [5.74, 6) is -0.211. The number of piperazine rings is 1. The van der Waals surface area contributed by atoms with E-state index in [4.69, 9.17) is 21.6 Å². The van der Waals surface area contributed by atoms with Crippen molar-refractivity contribution in [2.24, 2.45) is 5.73 Å². The normalized spacial score (nSPS) is 16.3. The number of aromatic nitrogens is 2. The Hall–Kier alpha value is -4.05. The maximum Gasteiger partial charge on any atom is 0.254 e. The summed E-state index contributed by atoms with van der Waals surface area (Å²) in [4.78, 5) is 38.0. The molecule has 0 radical (unpaired) electrons. The lowest BCUT2D eigenvalue weighted by atomic mass is 10.0. The number of nitrogen functional groups attached to an aromatic ring is 2. The third kappa shape index (κ3) is 4.46. The van der Waals surface area contributed by atoms with Crippen LogP contribution in [0.25, 0.3) is 10.9 Å². The van der Waals surface area contributed by atoms with Crippen molar-refractivity contribution in [2.75, 3.05) is 32.5 Å². The second-order valence-corrected chi connectivity index (χ2v) is 7.83. The molecule has 3 aromatic rings. The van der Waals surface area contributed by atoms with Crippen LogP contribution in [-0.2, 0) is 16.1 Å².